The highest BCUT2D eigenvalue weighted by Crippen LogP contribution is 2.44. The predicted molar refractivity (Wildman–Crippen MR) is 68.5 cm³/mol. The Kier molecular flexibility index (Phi) is 4.16. The van der Waals surface area contributed by atoms with Gasteiger partial charge in [0.15, 0.2) is 5.78 Å². The molecule has 0 radical (unpaired) electrons. The molecule has 1 aromatic carbocycles. The highest BCUT2D eigenvalue weighted by atomic mass is 19.1. The van der Waals surface area contributed by atoms with Crippen molar-refractivity contribution in [1.29, 1.82) is 0 Å². The first-order valence-electron chi connectivity index (χ1n) is 6.61. The largest absolute Gasteiger partial charge is 0.481 e. The second-order valence-electron chi connectivity index (χ2n) is 5.54. The van der Waals surface area contributed by atoms with Gasteiger partial charge < -0.3 is 5.11 Å². The van der Waals surface area contributed by atoms with Crippen molar-refractivity contribution in [3.63, 3.8) is 0 Å². The molecule has 0 aliphatic heterocycles. The average Bonchev–Trinajstić information content (AvgIpc) is 2.74. The molecule has 0 aromatic heterocycles. The third-order valence-electron chi connectivity index (χ3n) is 3.91. The van der Waals surface area contributed by atoms with E-state index in [4.69, 9.17) is 5.11 Å². The molecule has 108 valence electrons. The zero-order valence-electron chi connectivity index (χ0n) is 11.0. The summed E-state index contributed by atoms with van der Waals surface area (Å²) in [6, 6.07) is 2.70. The summed E-state index contributed by atoms with van der Waals surface area (Å²) >= 11 is 0. The van der Waals surface area contributed by atoms with Gasteiger partial charge in [0.05, 0.1) is 6.42 Å². The van der Waals surface area contributed by atoms with Gasteiger partial charge in [0.25, 0.3) is 0 Å². The molecule has 1 aromatic rings. The van der Waals surface area contributed by atoms with Gasteiger partial charge in [-0.2, -0.15) is 0 Å². The van der Waals surface area contributed by atoms with E-state index in [9.17, 15) is 18.4 Å². The highest BCUT2D eigenvalue weighted by molar-refractivity contribution is 5.96. The van der Waals surface area contributed by atoms with Gasteiger partial charge in [0.2, 0.25) is 0 Å². The topological polar surface area (TPSA) is 54.4 Å². The second kappa shape index (κ2) is 5.69. The number of rotatable bonds is 5. The van der Waals surface area contributed by atoms with Gasteiger partial charge in [-0.25, -0.2) is 8.78 Å². The van der Waals surface area contributed by atoms with Crippen LogP contribution < -0.4 is 0 Å². The Morgan fingerprint density at radius 2 is 1.60 bits per heavy atom. The van der Waals surface area contributed by atoms with Crippen molar-refractivity contribution in [2.24, 2.45) is 5.41 Å². The molecule has 0 heterocycles. The molecule has 0 atom stereocenters. The standard InChI is InChI=1S/C15H16F2O3/c16-11-5-10(6-12(17)7-11)13(18)8-15(9-14(19)20)3-1-2-4-15/h5-7H,1-4,8-9H2,(H,19,20). The SMILES string of the molecule is O=C(O)CC1(CC(=O)c2cc(F)cc(F)c2)CCCC1. The first-order chi connectivity index (χ1) is 9.40. The van der Waals surface area contributed by atoms with Gasteiger partial charge in [0.1, 0.15) is 11.6 Å². The van der Waals surface area contributed by atoms with E-state index >= 15 is 0 Å². The molecule has 0 spiro atoms. The minimum atomic E-state index is -0.940. The van der Waals surface area contributed by atoms with Crippen LogP contribution in [0.25, 0.3) is 0 Å². The molecule has 0 saturated heterocycles. The van der Waals surface area contributed by atoms with Crippen molar-refractivity contribution in [3.8, 4) is 0 Å². The van der Waals surface area contributed by atoms with Crippen LogP contribution in [0.5, 0.6) is 0 Å². The Hall–Kier alpha value is -1.78. The summed E-state index contributed by atoms with van der Waals surface area (Å²) in [6.45, 7) is 0. The number of benzene rings is 1. The van der Waals surface area contributed by atoms with Gasteiger partial charge in [-0.15, -0.1) is 0 Å². The molecule has 1 saturated carbocycles. The summed E-state index contributed by atoms with van der Waals surface area (Å²) in [4.78, 5) is 23.1. The first-order valence-corrected chi connectivity index (χ1v) is 6.61. The number of aliphatic carboxylic acids is 1. The van der Waals surface area contributed by atoms with Crippen LogP contribution in [0.2, 0.25) is 0 Å². The van der Waals surface area contributed by atoms with Crippen LogP contribution in [0.1, 0.15) is 48.9 Å². The van der Waals surface area contributed by atoms with E-state index < -0.39 is 28.8 Å². The van der Waals surface area contributed by atoms with E-state index in [0.717, 1.165) is 25.0 Å². The third kappa shape index (κ3) is 3.40. The number of carbonyl (C=O) groups excluding carboxylic acids is 1. The van der Waals surface area contributed by atoms with Crippen LogP contribution in [0.15, 0.2) is 18.2 Å². The van der Waals surface area contributed by atoms with Crippen LogP contribution in [0, 0.1) is 17.0 Å². The van der Waals surface area contributed by atoms with E-state index in [1.807, 2.05) is 0 Å². The lowest BCUT2D eigenvalue weighted by molar-refractivity contribution is -0.139. The molecular formula is C15H16F2O3. The highest BCUT2D eigenvalue weighted by Gasteiger charge is 2.38. The maximum absolute atomic E-state index is 13.1. The predicted octanol–water partition coefficient (Wildman–Crippen LogP) is 3.57. The molecule has 0 unspecified atom stereocenters. The Labute approximate surface area is 115 Å². The lowest BCUT2D eigenvalue weighted by Gasteiger charge is -2.26. The number of carboxylic acids is 1. The fourth-order valence-corrected chi connectivity index (χ4v) is 3.02. The number of hydrogen-bond donors (Lipinski definition) is 1. The quantitative estimate of drug-likeness (QED) is 0.840. The summed E-state index contributed by atoms with van der Waals surface area (Å²) < 4.78 is 26.2. The summed E-state index contributed by atoms with van der Waals surface area (Å²) in [6.07, 6.45) is 3.07. The lowest BCUT2D eigenvalue weighted by Crippen LogP contribution is -2.24. The summed E-state index contributed by atoms with van der Waals surface area (Å²) in [5, 5.41) is 8.98. The smallest absolute Gasteiger partial charge is 0.303 e. The zero-order chi connectivity index (χ0) is 14.8. The van der Waals surface area contributed by atoms with Gasteiger partial charge >= 0.3 is 5.97 Å². The van der Waals surface area contributed by atoms with Crippen molar-refractivity contribution in [1.82, 2.24) is 0 Å². The van der Waals surface area contributed by atoms with Gasteiger partial charge in [-0.05, 0) is 30.4 Å². The summed E-state index contributed by atoms with van der Waals surface area (Å²) in [5.41, 5.74) is -0.592. The number of carboxylic acid groups (broad SMARTS) is 1. The second-order valence-corrected chi connectivity index (χ2v) is 5.54. The van der Waals surface area contributed by atoms with Crippen LogP contribution in [-0.2, 0) is 4.79 Å². The summed E-state index contributed by atoms with van der Waals surface area (Å²) in [5.74, 6) is -2.93. The van der Waals surface area contributed by atoms with E-state index in [1.54, 1.807) is 0 Å². The van der Waals surface area contributed by atoms with Crippen LogP contribution in [0.4, 0.5) is 8.78 Å². The van der Waals surface area contributed by atoms with E-state index in [1.165, 1.54) is 0 Å². The molecule has 0 bridgehead atoms. The molecule has 1 aliphatic rings. The third-order valence-corrected chi connectivity index (χ3v) is 3.91. The van der Waals surface area contributed by atoms with E-state index in [-0.39, 0.29) is 18.4 Å². The van der Waals surface area contributed by atoms with Crippen molar-refractivity contribution in [2.45, 2.75) is 38.5 Å². The zero-order valence-corrected chi connectivity index (χ0v) is 11.0. The number of Topliss-reactive ketones (excluding diaryl/α,β-unsaturated/α-hetero) is 1. The Morgan fingerprint density at radius 1 is 1.05 bits per heavy atom. The monoisotopic (exact) mass is 282 g/mol. The number of hydrogen-bond acceptors (Lipinski definition) is 2. The molecule has 5 heteroatoms. The minimum absolute atomic E-state index is 0.0286. The summed E-state index contributed by atoms with van der Waals surface area (Å²) in [7, 11) is 0. The normalized spacial score (nSPS) is 17.1. The Morgan fingerprint density at radius 3 is 2.10 bits per heavy atom. The first kappa shape index (κ1) is 14.6. The van der Waals surface area contributed by atoms with Crippen molar-refractivity contribution in [3.05, 3.63) is 35.4 Å². The Balaban J connectivity index is 2.18. The van der Waals surface area contributed by atoms with Crippen LogP contribution >= 0.6 is 0 Å². The molecule has 3 nitrogen and oxygen atoms in total. The Bertz CT molecular complexity index is 514. The number of ketones is 1. The van der Waals surface area contributed by atoms with Crippen molar-refractivity contribution < 1.29 is 23.5 Å². The molecule has 0 amide bonds. The lowest BCUT2D eigenvalue weighted by atomic mass is 9.77. The molecule has 1 aliphatic carbocycles. The van der Waals surface area contributed by atoms with E-state index in [0.29, 0.717) is 18.9 Å². The molecular weight excluding hydrogens is 266 g/mol. The minimum Gasteiger partial charge on any atom is -0.481 e. The number of carbonyl (C=O) groups is 2. The fraction of sp³-hybridized carbons (Fsp3) is 0.467. The van der Waals surface area contributed by atoms with Crippen LogP contribution in [-0.4, -0.2) is 16.9 Å². The van der Waals surface area contributed by atoms with Gasteiger partial charge in [0, 0.05) is 18.1 Å². The van der Waals surface area contributed by atoms with Crippen LogP contribution in [0.3, 0.4) is 0 Å². The molecule has 2 rings (SSSR count). The van der Waals surface area contributed by atoms with Crippen molar-refractivity contribution >= 4 is 11.8 Å². The van der Waals surface area contributed by atoms with Gasteiger partial charge in [-0.3, -0.25) is 9.59 Å². The fourth-order valence-electron chi connectivity index (χ4n) is 3.02. The maximum atomic E-state index is 13.1. The van der Waals surface area contributed by atoms with E-state index in [2.05, 4.69) is 0 Å². The number of halogens is 2. The molecule has 20 heavy (non-hydrogen) atoms. The van der Waals surface area contributed by atoms with Gasteiger partial charge in [-0.1, -0.05) is 12.8 Å². The van der Waals surface area contributed by atoms with Crippen molar-refractivity contribution in [2.75, 3.05) is 0 Å². The average molecular weight is 282 g/mol. The maximum Gasteiger partial charge on any atom is 0.303 e. The molecule has 1 fully saturated rings. The molecule has 1 N–H and O–H groups in total.